The standard InChI is InChI=1S/C16H17ClN2O3S/c1-10(2)11-3-6-13(7-4-11)19-16(20)12-5-8-14(17)15(9-12)23(18,21)22/h3-10H,1-2H3,(H,19,20)(H2,18,21,22). The smallest absolute Gasteiger partial charge is 0.255 e. The molecule has 1 amide bonds. The molecule has 0 bridgehead atoms. The number of nitrogens with two attached hydrogens (primary N) is 1. The SMILES string of the molecule is CC(C)c1ccc(NC(=O)c2ccc(Cl)c(S(N)(=O)=O)c2)cc1. The summed E-state index contributed by atoms with van der Waals surface area (Å²) in [5.74, 6) is -0.0443. The Balaban J connectivity index is 2.24. The highest BCUT2D eigenvalue weighted by Gasteiger charge is 2.16. The largest absolute Gasteiger partial charge is 0.322 e. The lowest BCUT2D eigenvalue weighted by Gasteiger charge is -2.09. The summed E-state index contributed by atoms with van der Waals surface area (Å²) in [7, 11) is -3.99. The Bertz CT molecular complexity index is 831. The summed E-state index contributed by atoms with van der Waals surface area (Å²) >= 11 is 5.80. The van der Waals surface area contributed by atoms with Gasteiger partial charge in [-0.05, 0) is 41.8 Å². The van der Waals surface area contributed by atoms with Gasteiger partial charge in [0.15, 0.2) is 0 Å². The van der Waals surface area contributed by atoms with Crippen molar-refractivity contribution < 1.29 is 13.2 Å². The van der Waals surface area contributed by atoms with Crippen molar-refractivity contribution in [3.63, 3.8) is 0 Å². The second kappa shape index (κ2) is 6.70. The molecule has 0 aliphatic rings. The Morgan fingerprint density at radius 3 is 2.26 bits per heavy atom. The van der Waals surface area contributed by atoms with Crippen LogP contribution in [0, 0.1) is 0 Å². The minimum absolute atomic E-state index is 0.0228. The number of nitrogens with one attached hydrogen (secondary N) is 1. The molecule has 23 heavy (non-hydrogen) atoms. The molecule has 0 aliphatic carbocycles. The minimum atomic E-state index is -3.99. The fourth-order valence-corrected chi connectivity index (χ4v) is 3.09. The molecule has 0 heterocycles. The van der Waals surface area contributed by atoms with Gasteiger partial charge in [-0.2, -0.15) is 0 Å². The third kappa shape index (κ3) is 4.31. The van der Waals surface area contributed by atoms with E-state index in [1.807, 2.05) is 12.1 Å². The van der Waals surface area contributed by atoms with Crippen molar-refractivity contribution in [3.8, 4) is 0 Å². The highest BCUT2D eigenvalue weighted by molar-refractivity contribution is 7.89. The van der Waals surface area contributed by atoms with E-state index in [1.165, 1.54) is 12.1 Å². The number of amides is 1. The monoisotopic (exact) mass is 352 g/mol. The van der Waals surface area contributed by atoms with Crippen molar-refractivity contribution in [1.82, 2.24) is 0 Å². The van der Waals surface area contributed by atoms with Gasteiger partial charge in [0.2, 0.25) is 10.0 Å². The van der Waals surface area contributed by atoms with E-state index in [0.717, 1.165) is 11.6 Å². The summed E-state index contributed by atoms with van der Waals surface area (Å²) in [6.07, 6.45) is 0. The van der Waals surface area contributed by atoms with E-state index in [-0.39, 0.29) is 15.5 Å². The summed E-state index contributed by atoms with van der Waals surface area (Å²) < 4.78 is 22.9. The zero-order valence-corrected chi connectivity index (χ0v) is 14.3. The van der Waals surface area contributed by atoms with Gasteiger partial charge in [0, 0.05) is 11.3 Å². The third-order valence-corrected chi connectivity index (χ3v) is 4.73. The van der Waals surface area contributed by atoms with E-state index in [2.05, 4.69) is 19.2 Å². The number of hydrogen-bond donors (Lipinski definition) is 2. The number of carbonyl (C=O) groups is 1. The zero-order valence-electron chi connectivity index (χ0n) is 12.7. The van der Waals surface area contributed by atoms with Crippen molar-refractivity contribution in [3.05, 3.63) is 58.6 Å². The fourth-order valence-electron chi connectivity index (χ4n) is 2.02. The van der Waals surface area contributed by atoms with Crippen molar-refractivity contribution in [2.45, 2.75) is 24.7 Å². The zero-order chi connectivity index (χ0) is 17.2. The van der Waals surface area contributed by atoms with Gasteiger partial charge < -0.3 is 5.32 Å². The molecule has 0 radical (unpaired) electrons. The van der Waals surface area contributed by atoms with Gasteiger partial charge in [-0.15, -0.1) is 0 Å². The molecule has 0 spiro atoms. The molecule has 7 heteroatoms. The van der Waals surface area contributed by atoms with Crippen LogP contribution in [0.2, 0.25) is 5.02 Å². The average molecular weight is 353 g/mol. The van der Waals surface area contributed by atoms with Crippen LogP contribution in [0.3, 0.4) is 0 Å². The van der Waals surface area contributed by atoms with Gasteiger partial charge in [0.05, 0.1) is 5.02 Å². The van der Waals surface area contributed by atoms with Crippen LogP contribution in [-0.4, -0.2) is 14.3 Å². The predicted octanol–water partition coefficient (Wildman–Crippen LogP) is 3.36. The Morgan fingerprint density at radius 2 is 1.74 bits per heavy atom. The number of rotatable bonds is 4. The number of hydrogen-bond acceptors (Lipinski definition) is 3. The first-order chi connectivity index (χ1) is 10.7. The molecule has 2 aromatic carbocycles. The highest BCUT2D eigenvalue weighted by Crippen LogP contribution is 2.22. The molecule has 2 rings (SSSR count). The van der Waals surface area contributed by atoms with Crippen LogP contribution in [0.4, 0.5) is 5.69 Å². The number of anilines is 1. The molecule has 0 atom stereocenters. The van der Waals surface area contributed by atoms with Crippen LogP contribution in [0.15, 0.2) is 47.4 Å². The predicted molar refractivity (Wildman–Crippen MR) is 91.3 cm³/mol. The third-order valence-electron chi connectivity index (χ3n) is 3.34. The molecule has 0 aliphatic heterocycles. The second-order valence-corrected chi connectivity index (χ2v) is 7.36. The lowest BCUT2D eigenvalue weighted by atomic mass is 10.0. The molecule has 0 unspecified atom stereocenters. The number of primary sulfonamides is 1. The van der Waals surface area contributed by atoms with Crippen LogP contribution < -0.4 is 10.5 Å². The van der Waals surface area contributed by atoms with Crippen molar-refractivity contribution in [2.75, 3.05) is 5.32 Å². The number of halogens is 1. The first-order valence-corrected chi connectivity index (χ1v) is 8.84. The van der Waals surface area contributed by atoms with Crippen molar-refractivity contribution in [1.29, 1.82) is 0 Å². The quantitative estimate of drug-likeness (QED) is 0.884. The van der Waals surface area contributed by atoms with Crippen LogP contribution in [0.1, 0.15) is 35.7 Å². The maximum absolute atomic E-state index is 12.2. The lowest BCUT2D eigenvalue weighted by Crippen LogP contribution is -2.16. The normalized spacial score (nSPS) is 11.5. The first kappa shape index (κ1) is 17.5. The molecule has 3 N–H and O–H groups in total. The number of benzene rings is 2. The maximum Gasteiger partial charge on any atom is 0.255 e. The molecule has 0 saturated carbocycles. The van der Waals surface area contributed by atoms with E-state index in [4.69, 9.17) is 16.7 Å². The van der Waals surface area contributed by atoms with E-state index < -0.39 is 15.9 Å². The topological polar surface area (TPSA) is 89.3 Å². The molecule has 0 fully saturated rings. The average Bonchev–Trinajstić information content (AvgIpc) is 2.47. The Labute approximate surface area is 140 Å². The van der Waals surface area contributed by atoms with Crippen LogP contribution in [0.5, 0.6) is 0 Å². The van der Waals surface area contributed by atoms with Crippen LogP contribution >= 0.6 is 11.6 Å². The van der Waals surface area contributed by atoms with E-state index in [9.17, 15) is 13.2 Å². The Hall–Kier alpha value is -1.89. The van der Waals surface area contributed by atoms with Gasteiger partial charge in [0.1, 0.15) is 4.90 Å². The molecular formula is C16H17ClN2O3S. The molecular weight excluding hydrogens is 336 g/mol. The van der Waals surface area contributed by atoms with E-state index in [1.54, 1.807) is 12.1 Å². The van der Waals surface area contributed by atoms with Crippen LogP contribution in [0.25, 0.3) is 0 Å². The second-order valence-electron chi connectivity index (χ2n) is 5.42. The van der Waals surface area contributed by atoms with Gasteiger partial charge in [0.25, 0.3) is 5.91 Å². The highest BCUT2D eigenvalue weighted by atomic mass is 35.5. The first-order valence-electron chi connectivity index (χ1n) is 6.92. The number of carbonyl (C=O) groups excluding carboxylic acids is 1. The molecule has 0 saturated heterocycles. The summed E-state index contributed by atoms with van der Waals surface area (Å²) in [6, 6.07) is 11.4. The van der Waals surface area contributed by atoms with E-state index in [0.29, 0.717) is 11.6 Å². The summed E-state index contributed by atoms with van der Waals surface area (Å²) in [5, 5.41) is 7.76. The molecule has 0 aromatic heterocycles. The lowest BCUT2D eigenvalue weighted by molar-refractivity contribution is 0.102. The molecule has 5 nitrogen and oxygen atoms in total. The Kier molecular flexibility index (Phi) is 5.09. The van der Waals surface area contributed by atoms with Gasteiger partial charge >= 0.3 is 0 Å². The summed E-state index contributed by atoms with van der Waals surface area (Å²) in [5.41, 5.74) is 1.93. The van der Waals surface area contributed by atoms with Gasteiger partial charge in [-0.3, -0.25) is 4.79 Å². The molecule has 2 aromatic rings. The maximum atomic E-state index is 12.2. The number of sulfonamides is 1. The van der Waals surface area contributed by atoms with Crippen molar-refractivity contribution >= 4 is 33.2 Å². The van der Waals surface area contributed by atoms with Gasteiger partial charge in [-0.25, -0.2) is 13.6 Å². The van der Waals surface area contributed by atoms with Crippen molar-refractivity contribution in [2.24, 2.45) is 5.14 Å². The minimum Gasteiger partial charge on any atom is -0.322 e. The van der Waals surface area contributed by atoms with E-state index >= 15 is 0 Å². The fraction of sp³-hybridized carbons (Fsp3) is 0.188. The summed E-state index contributed by atoms with van der Waals surface area (Å²) in [4.78, 5) is 12.0. The Morgan fingerprint density at radius 1 is 1.13 bits per heavy atom. The van der Waals surface area contributed by atoms with Crippen LogP contribution in [-0.2, 0) is 10.0 Å². The summed E-state index contributed by atoms with van der Waals surface area (Å²) in [6.45, 7) is 4.16. The molecule has 122 valence electrons. The van der Waals surface area contributed by atoms with Gasteiger partial charge in [-0.1, -0.05) is 37.6 Å².